The van der Waals surface area contributed by atoms with Gasteiger partial charge in [-0.25, -0.2) is 9.37 Å². The van der Waals surface area contributed by atoms with E-state index in [1.54, 1.807) is 24.7 Å². The van der Waals surface area contributed by atoms with Crippen LogP contribution in [0.25, 0.3) is 11.5 Å². The maximum absolute atomic E-state index is 14.8. The summed E-state index contributed by atoms with van der Waals surface area (Å²) in [5.41, 5.74) is 1.11. The number of nitrogens with zero attached hydrogens (tertiary/aromatic N) is 5. The summed E-state index contributed by atoms with van der Waals surface area (Å²) in [6.07, 6.45) is 8.36. The lowest BCUT2D eigenvalue weighted by Gasteiger charge is -2.33. The number of rotatable bonds is 8. The van der Waals surface area contributed by atoms with Crippen molar-refractivity contribution < 1.29 is 13.7 Å². The quantitative estimate of drug-likeness (QED) is 0.557. The Hall–Kier alpha value is -3.23. The van der Waals surface area contributed by atoms with Gasteiger partial charge < -0.3 is 19.3 Å². The fourth-order valence-corrected chi connectivity index (χ4v) is 3.83. The minimum absolute atomic E-state index is 0.0299. The third kappa shape index (κ3) is 5.10. The molecule has 1 aromatic carbocycles. The Morgan fingerprint density at radius 3 is 2.84 bits per heavy atom. The Balaban J connectivity index is 1.26. The zero-order valence-electron chi connectivity index (χ0n) is 17.6. The first-order valence-electron chi connectivity index (χ1n) is 10.7. The summed E-state index contributed by atoms with van der Waals surface area (Å²) in [4.78, 5) is 22.7. The summed E-state index contributed by atoms with van der Waals surface area (Å²) in [5.74, 6) is 0.658. The molecule has 1 aliphatic rings. The number of piperidine rings is 1. The van der Waals surface area contributed by atoms with E-state index in [0.29, 0.717) is 61.9 Å². The van der Waals surface area contributed by atoms with Gasteiger partial charge in [-0.1, -0.05) is 12.1 Å². The monoisotopic (exact) mass is 426 g/mol. The molecule has 3 aromatic rings. The van der Waals surface area contributed by atoms with Crippen LogP contribution in [0.2, 0.25) is 0 Å². The molecule has 31 heavy (non-hydrogen) atoms. The zero-order chi connectivity index (χ0) is 21.6. The largest absolute Gasteiger partial charge is 0.369 e. The van der Waals surface area contributed by atoms with E-state index in [0.717, 1.165) is 13.0 Å². The molecule has 1 N–H and O–H groups in total. The summed E-state index contributed by atoms with van der Waals surface area (Å²) < 4.78 is 22.0. The number of benzene rings is 1. The topological polar surface area (TPSA) is 89.1 Å². The van der Waals surface area contributed by atoms with Gasteiger partial charge >= 0.3 is 0 Å². The molecule has 0 aliphatic carbocycles. The van der Waals surface area contributed by atoms with Crippen LogP contribution in [-0.2, 0) is 17.8 Å². The van der Waals surface area contributed by atoms with Crippen LogP contribution in [0.4, 0.5) is 10.1 Å². The molecule has 8 nitrogen and oxygen atoms in total. The van der Waals surface area contributed by atoms with Crippen molar-refractivity contribution in [3.05, 3.63) is 48.6 Å². The van der Waals surface area contributed by atoms with Gasteiger partial charge in [0.05, 0.1) is 12.0 Å². The number of carbonyl (C=O) groups is 1. The van der Waals surface area contributed by atoms with E-state index in [1.807, 2.05) is 22.6 Å². The maximum atomic E-state index is 14.8. The predicted molar refractivity (Wildman–Crippen MR) is 114 cm³/mol. The highest BCUT2D eigenvalue weighted by Crippen LogP contribution is 2.29. The van der Waals surface area contributed by atoms with Crippen molar-refractivity contribution in [2.75, 3.05) is 24.5 Å². The van der Waals surface area contributed by atoms with Gasteiger partial charge in [0.1, 0.15) is 5.82 Å². The maximum Gasteiger partial charge on any atom is 0.258 e. The highest BCUT2D eigenvalue weighted by molar-refractivity contribution is 5.79. The lowest BCUT2D eigenvalue weighted by Crippen LogP contribution is -2.41. The molecule has 9 heteroatoms. The molecule has 3 heterocycles. The Bertz CT molecular complexity index is 995. The van der Waals surface area contributed by atoms with Gasteiger partial charge in [-0.2, -0.15) is 4.98 Å². The Labute approximate surface area is 180 Å². The van der Waals surface area contributed by atoms with Crippen molar-refractivity contribution in [2.24, 2.45) is 5.92 Å². The zero-order valence-corrected chi connectivity index (χ0v) is 17.6. The van der Waals surface area contributed by atoms with Crippen LogP contribution in [0, 0.1) is 11.7 Å². The van der Waals surface area contributed by atoms with Crippen molar-refractivity contribution in [1.29, 1.82) is 0 Å². The molecule has 1 saturated heterocycles. The third-order valence-electron chi connectivity index (χ3n) is 5.64. The van der Waals surface area contributed by atoms with E-state index in [2.05, 4.69) is 20.4 Å². The highest BCUT2D eigenvalue weighted by Gasteiger charge is 2.26. The van der Waals surface area contributed by atoms with Crippen LogP contribution in [0.3, 0.4) is 0 Å². The van der Waals surface area contributed by atoms with Crippen LogP contribution >= 0.6 is 0 Å². The molecular formula is C22H27FN6O2. The molecule has 0 radical (unpaired) electrons. The van der Waals surface area contributed by atoms with Gasteiger partial charge in [0.25, 0.3) is 5.89 Å². The summed E-state index contributed by atoms with van der Waals surface area (Å²) in [6, 6.07) is 4.97. The molecule has 0 unspecified atom stereocenters. The van der Waals surface area contributed by atoms with Gasteiger partial charge in [0, 0.05) is 56.5 Å². The Morgan fingerprint density at radius 1 is 1.32 bits per heavy atom. The van der Waals surface area contributed by atoms with E-state index >= 15 is 0 Å². The second kappa shape index (κ2) is 9.72. The number of anilines is 1. The molecule has 4 rings (SSSR count). The van der Waals surface area contributed by atoms with Crippen molar-refractivity contribution in [3.63, 3.8) is 0 Å². The van der Waals surface area contributed by atoms with Crippen molar-refractivity contribution in [3.8, 4) is 11.5 Å². The molecule has 1 amide bonds. The average Bonchev–Trinajstić information content (AvgIpc) is 3.49. The number of amides is 1. The van der Waals surface area contributed by atoms with Crippen molar-refractivity contribution in [1.82, 2.24) is 25.0 Å². The average molecular weight is 426 g/mol. The van der Waals surface area contributed by atoms with Gasteiger partial charge in [-0.15, -0.1) is 0 Å². The molecule has 1 aliphatic heterocycles. The smallest absolute Gasteiger partial charge is 0.258 e. The number of carbonyl (C=O) groups excluding carboxylic acids is 1. The normalized spacial score (nSPS) is 14.7. The van der Waals surface area contributed by atoms with Crippen LogP contribution in [0.1, 0.15) is 32.0 Å². The fourth-order valence-electron chi connectivity index (χ4n) is 3.83. The van der Waals surface area contributed by atoms with E-state index in [9.17, 15) is 9.18 Å². The third-order valence-corrected chi connectivity index (χ3v) is 5.64. The lowest BCUT2D eigenvalue weighted by atomic mass is 9.95. The number of aromatic nitrogens is 4. The fraction of sp³-hybridized carbons (Fsp3) is 0.455. The Morgan fingerprint density at radius 2 is 2.16 bits per heavy atom. The first-order valence-corrected chi connectivity index (χ1v) is 10.7. The number of hydrogen-bond acceptors (Lipinski definition) is 6. The predicted octanol–water partition coefficient (Wildman–Crippen LogP) is 3.06. The molecule has 1 fully saturated rings. The van der Waals surface area contributed by atoms with E-state index in [-0.39, 0.29) is 17.6 Å². The van der Waals surface area contributed by atoms with Crippen molar-refractivity contribution in [2.45, 2.75) is 39.2 Å². The van der Waals surface area contributed by atoms with E-state index < -0.39 is 0 Å². The minimum atomic E-state index is -0.323. The molecule has 0 atom stereocenters. The van der Waals surface area contributed by atoms with Gasteiger partial charge in [0.15, 0.2) is 5.82 Å². The number of halogens is 1. The lowest BCUT2D eigenvalue weighted by molar-refractivity contribution is -0.125. The first kappa shape index (κ1) is 21.0. The summed E-state index contributed by atoms with van der Waals surface area (Å²) in [7, 11) is 0. The standard InChI is InChI=1S/C22H27FN6O2/c1-2-20-26-22(31-27-20)17-4-5-19(18(23)14-17)29-11-6-16(7-12-29)21(30)25-8-3-10-28-13-9-24-15-28/h4-5,9,13-16H,2-3,6-8,10-12H2,1H3,(H,25,30). The number of nitrogens with one attached hydrogen (secondary N) is 1. The van der Waals surface area contributed by atoms with Crippen molar-refractivity contribution >= 4 is 11.6 Å². The Kier molecular flexibility index (Phi) is 6.59. The SMILES string of the molecule is CCc1noc(-c2ccc(N3CCC(C(=O)NCCCn4ccnc4)CC3)c(F)c2)n1. The number of hydrogen-bond donors (Lipinski definition) is 1. The molecule has 0 bridgehead atoms. The van der Waals surface area contributed by atoms with Crippen LogP contribution in [-0.4, -0.2) is 45.2 Å². The molecule has 0 spiro atoms. The first-order chi connectivity index (χ1) is 15.1. The highest BCUT2D eigenvalue weighted by atomic mass is 19.1. The molecular weight excluding hydrogens is 399 g/mol. The van der Waals surface area contributed by atoms with E-state index in [4.69, 9.17) is 4.52 Å². The van der Waals surface area contributed by atoms with Crippen LogP contribution < -0.4 is 10.2 Å². The second-order valence-electron chi connectivity index (χ2n) is 7.74. The van der Waals surface area contributed by atoms with Gasteiger partial charge in [-0.3, -0.25) is 4.79 Å². The summed E-state index contributed by atoms with van der Waals surface area (Å²) in [6.45, 7) is 4.69. The minimum Gasteiger partial charge on any atom is -0.369 e. The number of imidazole rings is 1. The van der Waals surface area contributed by atoms with Gasteiger partial charge in [0.2, 0.25) is 5.91 Å². The summed E-state index contributed by atoms with van der Waals surface area (Å²) >= 11 is 0. The second-order valence-corrected chi connectivity index (χ2v) is 7.74. The molecule has 0 saturated carbocycles. The van der Waals surface area contributed by atoms with Gasteiger partial charge in [-0.05, 0) is 37.5 Å². The molecule has 2 aromatic heterocycles. The summed E-state index contributed by atoms with van der Waals surface area (Å²) in [5, 5.41) is 6.88. The number of aryl methyl sites for hydroxylation is 2. The van der Waals surface area contributed by atoms with Crippen LogP contribution in [0.15, 0.2) is 41.4 Å². The van der Waals surface area contributed by atoms with Crippen LogP contribution in [0.5, 0.6) is 0 Å². The van der Waals surface area contributed by atoms with E-state index in [1.165, 1.54) is 6.07 Å². The molecule has 164 valence electrons.